The molecule has 1 aliphatic heterocycles. The van der Waals surface area contributed by atoms with E-state index in [0.29, 0.717) is 12.1 Å². The highest BCUT2D eigenvalue weighted by Crippen LogP contribution is 2.23. The monoisotopic (exact) mass is 263 g/mol. The van der Waals surface area contributed by atoms with Gasteiger partial charge in [0.2, 0.25) is 0 Å². The maximum atomic E-state index is 4.36. The van der Waals surface area contributed by atoms with Crippen molar-refractivity contribution < 1.29 is 0 Å². The van der Waals surface area contributed by atoms with Crippen LogP contribution in [0.15, 0.2) is 18.6 Å². The van der Waals surface area contributed by atoms with Crippen LogP contribution in [0.25, 0.3) is 11.0 Å². The van der Waals surface area contributed by atoms with Crippen LogP contribution in [0, 0.1) is 0 Å². The van der Waals surface area contributed by atoms with Gasteiger partial charge in [0.05, 0.1) is 5.39 Å². The van der Waals surface area contributed by atoms with E-state index in [2.05, 4.69) is 36.9 Å². The summed E-state index contributed by atoms with van der Waals surface area (Å²) in [6.07, 6.45) is 5.98. The van der Waals surface area contributed by atoms with Gasteiger partial charge in [0.25, 0.3) is 0 Å². The predicted molar refractivity (Wildman–Crippen MR) is 76.7 cm³/mol. The summed E-state index contributed by atoms with van der Waals surface area (Å²) in [6.45, 7) is 3.22. The van der Waals surface area contributed by atoms with E-state index in [9.17, 15) is 0 Å². The van der Waals surface area contributed by atoms with Crippen LogP contribution in [0.4, 0.5) is 5.82 Å². The summed E-state index contributed by atoms with van der Waals surface area (Å²) in [5.74, 6) is 0.933. The number of fused-ring (bicyclic) bond motifs is 1. The Morgan fingerprint density at radius 2 is 2.33 bits per heavy atom. The molecule has 1 fully saturated rings. The van der Waals surface area contributed by atoms with Crippen LogP contribution >= 0.6 is 9.39 Å². The van der Waals surface area contributed by atoms with Crippen molar-refractivity contribution in [1.29, 1.82) is 0 Å². The Morgan fingerprint density at radius 3 is 3.11 bits per heavy atom. The minimum Gasteiger partial charge on any atom is -0.365 e. The van der Waals surface area contributed by atoms with Crippen molar-refractivity contribution in [2.75, 3.05) is 11.9 Å². The van der Waals surface area contributed by atoms with E-state index in [-0.39, 0.29) is 0 Å². The summed E-state index contributed by atoms with van der Waals surface area (Å²) < 4.78 is 1.93. The summed E-state index contributed by atoms with van der Waals surface area (Å²) in [5, 5.41) is 8.09. The molecule has 3 unspecified atom stereocenters. The lowest BCUT2D eigenvalue weighted by molar-refractivity contribution is 0.398. The van der Waals surface area contributed by atoms with Crippen molar-refractivity contribution in [3.63, 3.8) is 0 Å². The van der Waals surface area contributed by atoms with Gasteiger partial charge in [-0.2, -0.15) is 0 Å². The highest BCUT2D eigenvalue weighted by Gasteiger charge is 2.18. The minimum absolute atomic E-state index is 0.451. The molecule has 0 bridgehead atoms. The number of nitrogens with one attached hydrogen (secondary N) is 2. The van der Waals surface area contributed by atoms with Crippen LogP contribution in [-0.2, 0) is 0 Å². The maximum Gasteiger partial charge on any atom is 0.148 e. The topological polar surface area (TPSA) is 54.8 Å². The van der Waals surface area contributed by atoms with Gasteiger partial charge in [-0.15, -0.1) is 0 Å². The van der Waals surface area contributed by atoms with E-state index in [1.54, 1.807) is 6.33 Å². The molecule has 0 spiro atoms. The second kappa shape index (κ2) is 4.82. The van der Waals surface area contributed by atoms with Gasteiger partial charge in [-0.25, -0.2) is 9.97 Å². The zero-order chi connectivity index (χ0) is 12.5. The second-order valence-corrected chi connectivity index (χ2v) is 5.47. The first kappa shape index (κ1) is 11.9. The first-order valence-corrected chi connectivity index (χ1v) is 6.83. The summed E-state index contributed by atoms with van der Waals surface area (Å²) in [7, 11) is 2.63. The number of hydrogen-bond donors (Lipinski definition) is 2. The number of aromatic nitrogens is 3. The van der Waals surface area contributed by atoms with E-state index in [1.807, 2.05) is 16.6 Å². The highest BCUT2D eigenvalue weighted by atomic mass is 31.0. The Labute approximate surface area is 109 Å². The van der Waals surface area contributed by atoms with Crippen LogP contribution < -0.4 is 10.6 Å². The van der Waals surface area contributed by atoms with Crippen molar-refractivity contribution in [3.8, 4) is 0 Å². The Kier molecular flexibility index (Phi) is 3.18. The molecule has 0 aromatic carbocycles. The molecule has 6 heteroatoms. The average Bonchev–Trinajstić information content (AvgIpc) is 2.76. The third kappa shape index (κ3) is 2.20. The molecule has 1 aliphatic rings. The second-order valence-electron chi connectivity index (χ2n) is 4.91. The maximum absolute atomic E-state index is 4.36. The van der Waals surface area contributed by atoms with E-state index < -0.39 is 0 Å². The summed E-state index contributed by atoms with van der Waals surface area (Å²) >= 11 is 0. The smallest absolute Gasteiger partial charge is 0.148 e. The molecule has 3 atom stereocenters. The fourth-order valence-electron chi connectivity index (χ4n) is 2.40. The molecule has 0 amide bonds. The largest absolute Gasteiger partial charge is 0.365 e. The number of piperidine rings is 1. The third-order valence-corrected chi connectivity index (χ3v) is 3.93. The molecule has 5 nitrogen and oxygen atoms in total. The normalized spacial score (nSPS) is 24.3. The number of rotatable bonds is 2. The van der Waals surface area contributed by atoms with Crippen molar-refractivity contribution >= 4 is 26.2 Å². The van der Waals surface area contributed by atoms with Crippen LogP contribution in [0.5, 0.6) is 0 Å². The quantitative estimate of drug-likeness (QED) is 0.808. The number of anilines is 1. The SMILES string of the molecule is CC1CCC(Nc2ncnc3c2ccn3P)CN1. The molecule has 3 rings (SSSR count). The van der Waals surface area contributed by atoms with Gasteiger partial charge in [-0.05, 0) is 35.2 Å². The number of nitrogens with zero attached hydrogens (tertiary/aromatic N) is 3. The zero-order valence-corrected chi connectivity index (χ0v) is 11.6. The molecule has 0 aliphatic carbocycles. The Hall–Kier alpha value is -1.19. The van der Waals surface area contributed by atoms with Crippen molar-refractivity contribution in [3.05, 3.63) is 18.6 Å². The summed E-state index contributed by atoms with van der Waals surface area (Å²) in [5.41, 5.74) is 0.939. The summed E-state index contributed by atoms with van der Waals surface area (Å²) in [4.78, 5) is 8.64. The van der Waals surface area contributed by atoms with Gasteiger partial charge in [0, 0.05) is 24.8 Å². The standard InChI is InChI=1S/C12H18N5P/c1-8-2-3-9(6-13-8)16-11-10-4-5-17(18)12(10)15-7-14-11/h4-5,7-9,13H,2-3,6,18H2,1H3,(H,14,15,16). The molecule has 2 aromatic rings. The lowest BCUT2D eigenvalue weighted by Gasteiger charge is -2.28. The van der Waals surface area contributed by atoms with Crippen LogP contribution in [0.2, 0.25) is 0 Å². The lowest BCUT2D eigenvalue weighted by atomic mass is 10.0. The first-order valence-electron chi connectivity index (χ1n) is 6.31. The van der Waals surface area contributed by atoms with E-state index >= 15 is 0 Å². The van der Waals surface area contributed by atoms with Crippen molar-refractivity contribution in [1.82, 2.24) is 19.6 Å². The molecule has 0 saturated carbocycles. The Morgan fingerprint density at radius 1 is 1.44 bits per heavy atom. The van der Waals surface area contributed by atoms with Gasteiger partial charge >= 0.3 is 0 Å². The highest BCUT2D eigenvalue weighted by molar-refractivity contribution is 7.14. The predicted octanol–water partition coefficient (Wildman–Crippen LogP) is 1.62. The average molecular weight is 263 g/mol. The van der Waals surface area contributed by atoms with E-state index in [0.717, 1.165) is 23.4 Å². The molecule has 2 aromatic heterocycles. The van der Waals surface area contributed by atoms with Crippen molar-refractivity contribution in [2.45, 2.75) is 31.8 Å². The van der Waals surface area contributed by atoms with E-state index in [4.69, 9.17) is 0 Å². The summed E-state index contributed by atoms with van der Waals surface area (Å²) in [6, 6.07) is 3.12. The van der Waals surface area contributed by atoms with Crippen LogP contribution in [0.1, 0.15) is 19.8 Å². The fraction of sp³-hybridized carbons (Fsp3) is 0.500. The molecule has 18 heavy (non-hydrogen) atoms. The molecular formula is C12H18N5P. The van der Waals surface area contributed by atoms with Crippen molar-refractivity contribution in [2.24, 2.45) is 0 Å². The Balaban J connectivity index is 1.82. The van der Waals surface area contributed by atoms with Crippen LogP contribution in [-0.4, -0.2) is 32.9 Å². The first-order chi connectivity index (χ1) is 8.74. The molecule has 2 N–H and O–H groups in total. The van der Waals surface area contributed by atoms with Crippen LogP contribution in [0.3, 0.4) is 0 Å². The zero-order valence-electron chi connectivity index (χ0n) is 10.4. The van der Waals surface area contributed by atoms with Gasteiger partial charge in [-0.1, -0.05) is 0 Å². The van der Waals surface area contributed by atoms with Gasteiger partial charge in [0.1, 0.15) is 17.8 Å². The lowest BCUT2D eigenvalue weighted by Crippen LogP contribution is -2.43. The van der Waals surface area contributed by atoms with E-state index in [1.165, 1.54) is 12.8 Å². The third-order valence-electron chi connectivity index (χ3n) is 3.51. The molecule has 0 radical (unpaired) electrons. The molecular weight excluding hydrogens is 245 g/mol. The minimum atomic E-state index is 0.451. The fourth-order valence-corrected chi connectivity index (χ4v) is 2.69. The molecule has 1 saturated heterocycles. The molecule has 96 valence electrons. The molecule has 3 heterocycles. The Bertz CT molecular complexity index is 544. The number of hydrogen-bond acceptors (Lipinski definition) is 4. The van der Waals surface area contributed by atoms with Gasteiger partial charge < -0.3 is 15.0 Å². The van der Waals surface area contributed by atoms with Gasteiger partial charge in [-0.3, -0.25) is 0 Å². The van der Waals surface area contributed by atoms with Gasteiger partial charge in [0.15, 0.2) is 0 Å².